The minimum absolute atomic E-state index is 0.0397. The number of sulfonamides is 1. The molecule has 0 bridgehead atoms. The summed E-state index contributed by atoms with van der Waals surface area (Å²) in [6.45, 7) is 0. The van der Waals surface area contributed by atoms with Crippen molar-refractivity contribution in [1.82, 2.24) is 9.71 Å². The molecule has 0 saturated heterocycles. The van der Waals surface area contributed by atoms with Gasteiger partial charge in [0.1, 0.15) is 0 Å². The van der Waals surface area contributed by atoms with Crippen molar-refractivity contribution in [2.45, 2.75) is 4.90 Å². The summed E-state index contributed by atoms with van der Waals surface area (Å²) in [6.07, 6.45) is 0. The predicted octanol–water partition coefficient (Wildman–Crippen LogP) is 0.00940. The van der Waals surface area contributed by atoms with Gasteiger partial charge in [-0.3, -0.25) is 0 Å². The van der Waals surface area contributed by atoms with Crippen molar-refractivity contribution in [3.05, 3.63) is 35.8 Å². The molecule has 0 spiro atoms. The Morgan fingerprint density at radius 1 is 1.23 bits per heavy atom. The van der Waals surface area contributed by atoms with E-state index in [-0.39, 0.29) is 22.3 Å². The average Bonchev–Trinajstić information content (AvgIpc) is 2.49. The second kappa shape index (κ2) is 5.93. The number of hydrogen-bond donors (Lipinski definition) is 2. The zero-order chi connectivity index (χ0) is 16.3. The van der Waals surface area contributed by atoms with E-state index in [1.54, 1.807) is 0 Å². The summed E-state index contributed by atoms with van der Waals surface area (Å²) < 4.78 is 38.2. The van der Waals surface area contributed by atoms with E-state index < -0.39 is 10.0 Å². The maximum Gasteiger partial charge on any atom is 0.335 e. The van der Waals surface area contributed by atoms with E-state index in [1.165, 1.54) is 38.5 Å². The second-order valence-corrected chi connectivity index (χ2v) is 5.69. The van der Waals surface area contributed by atoms with Crippen LogP contribution in [0.3, 0.4) is 0 Å². The maximum atomic E-state index is 12.2. The molecular formula is C12H14N4O5S. The predicted molar refractivity (Wildman–Crippen MR) is 76.1 cm³/mol. The third-order valence-electron chi connectivity index (χ3n) is 2.64. The minimum Gasteiger partial charge on any atom is -0.480 e. The Balaban J connectivity index is 2.59. The van der Waals surface area contributed by atoms with Crippen LogP contribution in [0.1, 0.15) is 0 Å². The van der Waals surface area contributed by atoms with Crippen LogP contribution < -0.4 is 20.7 Å². The van der Waals surface area contributed by atoms with Crippen LogP contribution in [0.2, 0.25) is 0 Å². The van der Waals surface area contributed by atoms with Crippen molar-refractivity contribution in [2.75, 3.05) is 20.0 Å². The van der Waals surface area contributed by atoms with E-state index >= 15 is 0 Å². The number of hydrogen-bond acceptors (Lipinski definition) is 7. The topological polar surface area (TPSA) is 129 Å². The van der Waals surface area contributed by atoms with Crippen LogP contribution in [0.25, 0.3) is 0 Å². The molecule has 0 aliphatic carbocycles. The summed E-state index contributed by atoms with van der Waals surface area (Å²) in [5.74, 6) is -0.0851. The molecule has 10 heteroatoms. The SMILES string of the molecule is COc1cc(=NS(=O)(=O)c2ccc(N)cc2)nc(OC)n1O. The van der Waals surface area contributed by atoms with Crippen LogP contribution in [-0.2, 0) is 10.0 Å². The Bertz CT molecular complexity index is 815. The quantitative estimate of drug-likeness (QED) is 0.598. The third kappa shape index (κ3) is 3.11. The van der Waals surface area contributed by atoms with Gasteiger partial charge in [0.15, 0.2) is 5.49 Å². The van der Waals surface area contributed by atoms with Gasteiger partial charge in [-0.05, 0) is 24.3 Å². The van der Waals surface area contributed by atoms with E-state index in [2.05, 4.69) is 9.38 Å². The Hall–Kier alpha value is -2.75. The van der Waals surface area contributed by atoms with Crippen LogP contribution in [-0.4, -0.2) is 37.6 Å². The average molecular weight is 326 g/mol. The lowest BCUT2D eigenvalue weighted by Gasteiger charge is -2.08. The molecule has 0 unspecified atom stereocenters. The number of rotatable bonds is 4. The van der Waals surface area contributed by atoms with Crippen molar-refractivity contribution >= 4 is 15.7 Å². The lowest BCUT2D eigenvalue weighted by atomic mass is 10.3. The molecule has 0 aliphatic rings. The van der Waals surface area contributed by atoms with Gasteiger partial charge in [0.2, 0.25) is 5.88 Å². The Morgan fingerprint density at radius 3 is 2.41 bits per heavy atom. The van der Waals surface area contributed by atoms with Crippen LogP contribution in [0.4, 0.5) is 5.69 Å². The Labute approximate surface area is 126 Å². The first-order valence-electron chi connectivity index (χ1n) is 5.95. The molecule has 0 atom stereocenters. The van der Waals surface area contributed by atoms with Crippen molar-refractivity contribution in [1.29, 1.82) is 0 Å². The van der Waals surface area contributed by atoms with Crippen LogP contribution >= 0.6 is 0 Å². The molecule has 1 aromatic carbocycles. The zero-order valence-corrected chi connectivity index (χ0v) is 12.6. The van der Waals surface area contributed by atoms with E-state index in [1.807, 2.05) is 0 Å². The molecule has 3 N–H and O–H groups in total. The highest BCUT2D eigenvalue weighted by Gasteiger charge is 2.14. The molecule has 0 fully saturated rings. The third-order valence-corrected chi connectivity index (χ3v) is 3.93. The molecule has 0 radical (unpaired) electrons. The summed E-state index contributed by atoms with van der Waals surface area (Å²) in [7, 11) is -1.44. The van der Waals surface area contributed by atoms with Crippen LogP contribution in [0, 0.1) is 0 Å². The largest absolute Gasteiger partial charge is 0.480 e. The van der Waals surface area contributed by atoms with E-state index in [0.717, 1.165) is 6.07 Å². The highest BCUT2D eigenvalue weighted by Crippen LogP contribution is 2.15. The zero-order valence-electron chi connectivity index (χ0n) is 11.8. The minimum atomic E-state index is -3.99. The van der Waals surface area contributed by atoms with E-state index in [4.69, 9.17) is 15.2 Å². The van der Waals surface area contributed by atoms with Crippen LogP contribution in [0.5, 0.6) is 11.9 Å². The molecule has 9 nitrogen and oxygen atoms in total. The van der Waals surface area contributed by atoms with Crippen molar-refractivity contribution in [3.8, 4) is 11.9 Å². The number of aromatic nitrogens is 2. The fraction of sp³-hybridized carbons (Fsp3) is 0.167. The Morgan fingerprint density at radius 2 is 1.86 bits per heavy atom. The molecular weight excluding hydrogens is 312 g/mol. The number of nitrogens with two attached hydrogens (primary N) is 1. The van der Waals surface area contributed by atoms with Crippen molar-refractivity contribution in [2.24, 2.45) is 4.40 Å². The molecule has 2 aromatic rings. The number of nitrogen functional groups attached to an aromatic ring is 1. The standard InChI is InChI=1S/C12H14N4O5S/c1-20-11-7-10(14-12(21-2)16(11)17)15-22(18,19)9-5-3-8(13)4-6-9/h3-7,17H,13H2,1-2H3. The van der Waals surface area contributed by atoms with Crippen molar-refractivity contribution in [3.63, 3.8) is 0 Å². The number of anilines is 1. The fourth-order valence-electron chi connectivity index (χ4n) is 1.58. The molecule has 0 amide bonds. The van der Waals surface area contributed by atoms with Gasteiger partial charge in [0.25, 0.3) is 10.0 Å². The lowest BCUT2D eigenvalue weighted by molar-refractivity contribution is 0.114. The number of ether oxygens (including phenoxy) is 2. The fourth-order valence-corrected chi connectivity index (χ4v) is 2.51. The summed E-state index contributed by atoms with van der Waals surface area (Å²) in [4.78, 5) is 3.73. The molecule has 1 heterocycles. The summed E-state index contributed by atoms with van der Waals surface area (Å²) >= 11 is 0. The number of nitrogens with zero attached hydrogens (tertiary/aromatic N) is 3. The van der Waals surface area contributed by atoms with Gasteiger partial charge in [-0.2, -0.15) is 13.4 Å². The normalized spacial score (nSPS) is 12.2. The molecule has 0 aliphatic heterocycles. The van der Waals surface area contributed by atoms with E-state index in [0.29, 0.717) is 10.4 Å². The molecule has 22 heavy (non-hydrogen) atoms. The Kier molecular flexibility index (Phi) is 4.22. The summed E-state index contributed by atoms with van der Waals surface area (Å²) in [6, 6.07) is 6.44. The summed E-state index contributed by atoms with van der Waals surface area (Å²) in [5.41, 5.74) is 5.75. The van der Waals surface area contributed by atoms with Gasteiger partial charge >= 0.3 is 6.01 Å². The lowest BCUT2D eigenvalue weighted by Crippen LogP contribution is -2.18. The van der Waals surface area contributed by atoms with Gasteiger partial charge in [-0.25, -0.2) is 0 Å². The molecule has 0 saturated carbocycles. The van der Waals surface area contributed by atoms with Crippen molar-refractivity contribution < 1.29 is 23.1 Å². The molecule has 1 aromatic heterocycles. The summed E-state index contributed by atoms with van der Waals surface area (Å²) in [5, 5.41) is 9.66. The smallest absolute Gasteiger partial charge is 0.335 e. The molecule has 2 rings (SSSR count). The van der Waals surface area contributed by atoms with Gasteiger partial charge in [-0.15, -0.1) is 4.40 Å². The number of methoxy groups -OCH3 is 2. The highest BCUT2D eigenvalue weighted by molar-refractivity contribution is 7.90. The van der Waals surface area contributed by atoms with Gasteiger partial charge < -0.3 is 20.4 Å². The first-order valence-corrected chi connectivity index (χ1v) is 7.39. The van der Waals surface area contributed by atoms with Gasteiger partial charge in [0.05, 0.1) is 19.1 Å². The maximum absolute atomic E-state index is 12.2. The molecule has 118 valence electrons. The first kappa shape index (κ1) is 15.6. The van der Waals surface area contributed by atoms with Gasteiger partial charge in [-0.1, -0.05) is 4.73 Å². The first-order chi connectivity index (χ1) is 10.4. The highest BCUT2D eigenvalue weighted by atomic mass is 32.2. The van der Waals surface area contributed by atoms with E-state index in [9.17, 15) is 13.6 Å². The van der Waals surface area contributed by atoms with Gasteiger partial charge in [0, 0.05) is 11.8 Å². The second-order valence-electron chi connectivity index (χ2n) is 4.09. The van der Waals surface area contributed by atoms with Crippen LogP contribution in [0.15, 0.2) is 39.6 Å². The number of benzene rings is 1. The monoisotopic (exact) mass is 326 g/mol.